The molecule has 1 aliphatic carbocycles. The van der Waals surface area contributed by atoms with Gasteiger partial charge < -0.3 is 14.8 Å². The lowest BCUT2D eigenvalue weighted by atomic mass is 10.2. The number of aromatic nitrogens is 3. The molecule has 134 valence electrons. The molecule has 1 saturated carbocycles. The molecule has 26 heavy (non-hydrogen) atoms. The van der Waals surface area contributed by atoms with Gasteiger partial charge in [-0.25, -0.2) is 14.8 Å². The zero-order valence-corrected chi connectivity index (χ0v) is 15.3. The van der Waals surface area contributed by atoms with E-state index in [1.807, 2.05) is 35.6 Å². The van der Waals surface area contributed by atoms with Crippen molar-refractivity contribution >= 4 is 27.6 Å². The topological polar surface area (TPSA) is 63.1 Å². The van der Waals surface area contributed by atoms with Crippen molar-refractivity contribution in [1.82, 2.24) is 24.8 Å². The van der Waals surface area contributed by atoms with E-state index in [1.54, 1.807) is 11.3 Å². The number of para-hydroxylation sites is 1. The maximum atomic E-state index is 12.8. The number of rotatable bonds is 4. The average molecular weight is 367 g/mol. The zero-order valence-electron chi connectivity index (χ0n) is 14.5. The molecule has 0 radical (unpaired) electrons. The van der Waals surface area contributed by atoms with Gasteiger partial charge >= 0.3 is 6.03 Å². The third-order valence-electron chi connectivity index (χ3n) is 5.22. The average Bonchev–Trinajstić information content (AvgIpc) is 3.09. The van der Waals surface area contributed by atoms with Crippen LogP contribution in [0.5, 0.6) is 0 Å². The highest BCUT2D eigenvalue weighted by Crippen LogP contribution is 2.37. The molecule has 7 heteroatoms. The molecule has 2 fully saturated rings. The Labute approximate surface area is 155 Å². The van der Waals surface area contributed by atoms with Crippen LogP contribution in [0, 0.1) is 0 Å². The lowest BCUT2D eigenvalue weighted by Crippen LogP contribution is -2.39. The van der Waals surface area contributed by atoms with Gasteiger partial charge in [-0.3, -0.25) is 0 Å². The van der Waals surface area contributed by atoms with Crippen molar-refractivity contribution in [2.24, 2.45) is 0 Å². The molecule has 2 amide bonds. The van der Waals surface area contributed by atoms with E-state index in [0.717, 1.165) is 35.6 Å². The number of thiazole rings is 1. The highest BCUT2D eigenvalue weighted by Gasteiger charge is 2.32. The van der Waals surface area contributed by atoms with Gasteiger partial charge in [-0.2, -0.15) is 0 Å². The standard InChI is InChI=1S/C19H21N5OS/c25-19(21-11-14-10-20-12-24(14)13-7-8-13)23-9-3-5-16(23)18-22-15-4-1-2-6-17(15)26-18/h1-2,4,6,10,12-13,16H,3,5,7-9,11H2,(H,21,25)/t16-/m1/s1. The van der Waals surface area contributed by atoms with Crippen molar-refractivity contribution < 1.29 is 4.79 Å². The molecule has 3 heterocycles. The number of nitrogens with one attached hydrogen (secondary N) is 1. The molecule has 5 rings (SSSR count). The van der Waals surface area contributed by atoms with Crippen molar-refractivity contribution in [2.75, 3.05) is 6.54 Å². The van der Waals surface area contributed by atoms with Gasteiger partial charge in [0.15, 0.2) is 0 Å². The van der Waals surface area contributed by atoms with E-state index in [-0.39, 0.29) is 12.1 Å². The number of imidazole rings is 1. The van der Waals surface area contributed by atoms with Crippen molar-refractivity contribution in [1.29, 1.82) is 0 Å². The second-order valence-corrected chi connectivity index (χ2v) is 8.12. The molecule has 6 nitrogen and oxygen atoms in total. The van der Waals surface area contributed by atoms with Gasteiger partial charge in [0.2, 0.25) is 0 Å². The van der Waals surface area contributed by atoms with Crippen LogP contribution < -0.4 is 5.32 Å². The Kier molecular flexibility index (Phi) is 3.89. The first-order valence-corrected chi connectivity index (χ1v) is 10.0. The van der Waals surface area contributed by atoms with Crippen LogP contribution in [0.1, 0.15) is 48.5 Å². The van der Waals surface area contributed by atoms with E-state index in [1.165, 1.54) is 17.5 Å². The third-order valence-corrected chi connectivity index (χ3v) is 6.35. The Morgan fingerprint density at radius 3 is 3.00 bits per heavy atom. The fourth-order valence-corrected chi connectivity index (χ4v) is 4.83. The largest absolute Gasteiger partial charge is 0.332 e. The molecular formula is C19H21N5OS. The molecule has 0 unspecified atom stereocenters. The Balaban J connectivity index is 1.30. The smallest absolute Gasteiger partial charge is 0.318 e. The van der Waals surface area contributed by atoms with Gasteiger partial charge in [0.1, 0.15) is 5.01 Å². The van der Waals surface area contributed by atoms with Gasteiger partial charge in [-0.05, 0) is 37.8 Å². The predicted octanol–water partition coefficient (Wildman–Crippen LogP) is 3.87. The maximum Gasteiger partial charge on any atom is 0.318 e. The normalized spacial score (nSPS) is 20.0. The summed E-state index contributed by atoms with van der Waals surface area (Å²) in [6.45, 7) is 1.31. The van der Waals surface area contributed by atoms with Crippen LogP contribution in [0.4, 0.5) is 4.79 Å². The molecule has 3 aromatic rings. The van der Waals surface area contributed by atoms with Gasteiger partial charge in [0, 0.05) is 18.8 Å². The van der Waals surface area contributed by atoms with E-state index in [4.69, 9.17) is 4.98 Å². The van der Waals surface area contributed by atoms with E-state index < -0.39 is 0 Å². The van der Waals surface area contributed by atoms with Gasteiger partial charge in [-0.1, -0.05) is 12.1 Å². The summed E-state index contributed by atoms with van der Waals surface area (Å²) in [6, 6.07) is 8.82. The third kappa shape index (κ3) is 2.86. The molecule has 2 aliphatic rings. The number of carbonyl (C=O) groups is 1. The number of likely N-dealkylation sites (tertiary alicyclic amines) is 1. The number of hydrogen-bond donors (Lipinski definition) is 1. The lowest BCUT2D eigenvalue weighted by Gasteiger charge is -2.23. The lowest BCUT2D eigenvalue weighted by molar-refractivity contribution is 0.192. The quantitative estimate of drug-likeness (QED) is 0.761. The Morgan fingerprint density at radius 1 is 1.27 bits per heavy atom. The Morgan fingerprint density at radius 2 is 2.15 bits per heavy atom. The van der Waals surface area contributed by atoms with Gasteiger partial charge in [-0.15, -0.1) is 11.3 Å². The summed E-state index contributed by atoms with van der Waals surface area (Å²) in [4.78, 5) is 23.7. The van der Waals surface area contributed by atoms with Gasteiger partial charge in [0.05, 0.1) is 34.8 Å². The van der Waals surface area contributed by atoms with Crippen molar-refractivity contribution in [3.8, 4) is 0 Å². The minimum Gasteiger partial charge on any atom is -0.332 e. The van der Waals surface area contributed by atoms with Crippen LogP contribution in [-0.2, 0) is 6.54 Å². The predicted molar refractivity (Wildman–Crippen MR) is 101 cm³/mol. The SMILES string of the molecule is O=C(NCc1cncn1C1CC1)N1CCC[C@@H]1c1nc2ccccc2s1. The number of fused-ring (bicyclic) bond motifs is 1. The highest BCUT2D eigenvalue weighted by atomic mass is 32.1. The first kappa shape index (κ1) is 15.8. The van der Waals surface area contributed by atoms with Crippen LogP contribution in [0.25, 0.3) is 10.2 Å². The van der Waals surface area contributed by atoms with Crippen LogP contribution in [-0.4, -0.2) is 32.0 Å². The van der Waals surface area contributed by atoms with Crippen LogP contribution in [0.2, 0.25) is 0 Å². The fraction of sp³-hybridized carbons (Fsp3) is 0.421. The first-order chi connectivity index (χ1) is 12.8. The van der Waals surface area contributed by atoms with Crippen molar-refractivity contribution in [3.63, 3.8) is 0 Å². The molecule has 0 spiro atoms. The molecule has 0 bridgehead atoms. The molecule has 2 aromatic heterocycles. The van der Waals surface area contributed by atoms with E-state index in [2.05, 4.69) is 20.9 Å². The monoisotopic (exact) mass is 367 g/mol. The second-order valence-electron chi connectivity index (χ2n) is 7.05. The number of urea groups is 1. The fourth-order valence-electron chi connectivity index (χ4n) is 3.72. The van der Waals surface area contributed by atoms with E-state index >= 15 is 0 Å². The first-order valence-electron chi connectivity index (χ1n) is 9.20. The summed E-state index contributed by atoms with van der Waals surface area (Å²) < 4.78 is 3.37. The summed E-state index contributed by atoms with van der Waals surface area (Å²) in [5.74, 6) is 0. The van der Waals surface area contributed by atoms with Crippen LogP contribution in [0.3, 0.4) is 0 Å². The summed E-state index contributed by atoms with van der Waals surface area (Å²) >= 11 is 1.70. The molecular weight excluding hydrogens is 346 g/mol. The number of nitrogens with zero attached hydrogens (tertiary/aromatic N) is 4. The van der Waals surface area contributed by atoms with E-state index in [9.17, 15) is 4.79 Å². The molecule has 1 aromatic carbocycles. The Hall–Kier alpha value is -2.41. The van der Waals surface area contributed by atoms with Gasteiger partial charge in [0.25, 0.3) is 0 Å². The minimum absolute atomic E-state index is 0.00435. The van der Waals surface area contributed by atoms with Crippen molar-refractivity contribution in [2.45, 2.75) is 44.3 Å². The zero-order chi connectivity index (χ0) is 17.5. The highest BCUT2D eigenvalue weighted by molar-refractivity contribution is 7.18. The Bertz CT molecular complexity index is 911. The van der Waals surface area contributed by atoms with Crippen LogP contribution in [0.15, 0.2) is 36.8 Å². The molecule has 1 saturated heterocycles. The summed E-state index contributed by atoms with van der Waals surface area (Å²) in [6.07, 6.45) is 8.15. The van der Waals surface area contributed by atoms with E-state index in [0.29, 0.717) is 12.6 Å². The molecule has 1 atom stereocenters. The number of amides is 2. The number of carbonyl (C=O) groups excluding carboxylic acids is 1. The summed E-state index contributed by atoms with van der Waals surface area (Å²) in [5, 5.41) is 4.13. The van der Waals surface area contributed by atoms with Crippen LogP contribution >= 0.6 is 11.3 Å². The summed E-state index contributed by atoms with van der Waals surface area (Å²) in [7, 11) is 0. The molecule has 1 aliphatic heterocycles. The minimum atomic E-state index is -0.00435. The number of hydrogen-bond acceptors (Lipinski definition) is 4. The summed E-state index contributed by atoms with van der Waals surface area (Å²) in [5.41, 5.74) is 2.10. The second kappa shape index (κ2) is 6.39. The number of benzene rings is 1. The maximum absolute atomic E-state index is 12.8. The van der Waals surface area contributed by atoms with Crippen molar-refractivity contribution in [3.05, 3.63) is 47.5 Å². The molecule has 1 N–H and O–H groups in total.